The predicted molar refractivity (Wildman–Crippen MR) is 83.6 cm³/mol. The van der Waals surface area contributed by atoms with E-state index in [1.165, 1.54) is 30.7 Å². The lowest BCUT2D eigenvalue weighted by Gasteiger charge is -2.39. The third kappa shape index (κ3) is 2.02. The second kappa shape index (κ2) is 4.80. The van der Waals surface area contributed by atoms with Gasteiger partial charge in [0.05, 0.1) is 4.92 Å². The molecule has 0 aromatic heterocycles. The fourth-order valence-electron chi connectivity index (χ4n) is 4.40. The van der Waals surface area contributed by atoms with Crippen LogP contribution >= 0.6 is 0 Å². The molecule has 3 atom stereocenters. The number of fused-ring (bicyclic) bond motifs is 2. The van der Waals surface area contributed by atoms with Gasteiger partial charge < -0.3 is 5.32 Å². The van der Waals surface area contributed by atoms with E-state index in [2.05, 4.69) is 26.1 Å². The summed E-state index contributed by atoms with van der Waals surface area (Å²) < 4.78 is 0. The maximum Gasteiger partial charge on any atom is 0.269 e. The zero-order valence-electron chi connectivity index (χ0n) is 13.3. The van der Waals surface area contributed by atoms with Gasteiger partial charge in [-0.3, -0.25) is 14.9 Å². The highest BCUT2D eigenvalue weighted by atomic mass is 16.6. The molecule has 2 aliphatic carbocycles. The largest absolute Gasteiger partial charge is 0.349 e. The van der Waals surface area contributed by atoms with E-state index in [-0.39, 0.29) is 28.5 Å². The van der Waals surface area contributed by atoms with Crippen LogP contribution in [0.15, 0.2) is 24.3 Å². The van der Waals surface area contributed by atoms with E-state index in [9.17, 15) is 14.9 Å². The van der Waals surface area contributed by atoms with E-state index in [1.807, 2.05) is 0 Å². The molecule has 1 N–H and O–H groups in total. The first-order valence-electron chi connectivity index (χ1n) is 7.81. The molecule has 1 unspecified atom stereocenters. The molecule has 1 aromatic rings. The van der Waals surface area contributed by atoms with Gasteiger partial charge >= 0.3 is 0 Å². The third-order valence-corrected chi connectivity index (χ3v) is 6.44. The van der Waals surface area contributed by atoms with Crippen LogP contribution in [0.4, 0.5) is 5.69 Å². The number of nitro benzene ring substituents is 1. The summed E-state index contributed by atoms with van der Waals surface area (Å²) in [5, 5.41) is 13.8. The zero-order chi connectivity index (χ0) is 16.1. The Bertz CT molecular complexity index is 623. The molecule has 0 aliphatic heterocycles. The van der Waals surface area contributed by atoms with Crippen LogP contribution < -0.4 is 5.32 Å². The lowest BCUT2D eigenvalue weighted by Crippen LogP contribution is -2.46. The molecule has 3 rings (SSSR count). The summed E-state index contributed by atoms with van der Waals surface area (Å²) in [5.41, 5.74) is 0.869. The number of hydrogen-bond donors (Lipinski definition) is 1. The number of rotatable bonds is 3. The lowest BCUT2D eigenvalue weighted by atomic mass is 9.69. The number of carbonyl (C=O) groups excluding carboxylic acids is 1. The van der Waals surface area contributed by atoms with Crippen molar-refractivity contribution in [1.29, 1.82) is 0 Å². The Hall–Kier alpha value is -1.91. The second-order valence-corrected chi connectivity index (χ2v) is 7.44. The number of amides is 1. The number of nitrogens with one attached hydrogen (secondary N) is 1. The van der Waals surface area contributed by atoms with Gasteiger partial charge in [0.15, 0.2) is 0 Å². The molecule has 2 aliphatic rings. The minimum absolute atomic E-state index is 0.00423. The smallest absolute Gasteiger partial charge is 0.269 e. The molecule has 22 heavy (non-hydrogen) atoms. The van der Waals surface area contributed by atoms with Gasteiger partial charge in [0.25, 0.3) is 11.6 Å². The predicted octanol–water partition coefficient (Wildman–Crippen LogP) is 3.54. The van der Waals surface area contributed by atoms with Crippen molar-refractivity contribution in [2.75, 3.05) is 0 Å². The molecule has 2 saturated carbocycles. The Balaban J connectivity index is 1.74. The summed E-state index contributed by atoms with van der Waals surface area (Å²) in [6.07, 6.45) is 3.42. The van der Waals surface area contributed by atoms with Gasteiger partial charge in [0.1, 0.15) is 0 Å². The van der Waals surface area contributed by atoms with Crippen molar-refractivity contribution in [1.82, 2.24) is 5.32 Å². The molecule has 0 saturated heterocycles. The molecule has 2 fully saturated rings. The first-order valence-corrected chi connectivity index (χ1v) is 7.81. The number of nitrogens with zero attached hydrogens (tertiary/aromatic N) is 1. The van der Waals surface area contributed by atoms with Crippen molar-refractivity contribution >= 4 is 11.6 Å². The maximum absolute atomic E-state index is 12.4. The van der Waals surface area contributed by atoms with Gasteiger partial charge in [-0.05, 0) is 48.1 Å². The Kier molecular flexibility index (Phi) is 3.27. The number of carbonyl (C=O) groups is 1. The Morgan fingerprint density at radius 2 is 1.91 bits per heavy atom. The van der Waals surface area contributed by atoms with Crippen LogP contribution in [-0.4, -0.2) is 16.9 Å². The molecular weight excluding hydrogens is 280 g/mol. The lowest BCUT2D eigenvalue weighted by molar-refractivity contribution is -0.384. The Morgan fingerprint density at radius 3 is 2.36 bits per heavy atom. The highest BCUT2D eigenvalue weighted by Crippen LogP contribution is 2.65. The summed E-state index contributed by atoms with van der Waals surface area (Å²) in [5.74, 6) is 0.532. The number of benzene rings is 1. The van der Waals surface area contributed by atoms with Crippen LogP contribution in [0.3, 0.4) is 0 Å². The maximum atomic E-state index is 12.4. The molecule has 5 nitrogen and oxygen atoms in total. The van der Waals surface area contributed by atoms with Crippen molar-refractivity contribution < 1.29 is 9.72 Å². The van der Waals surface area contributed by atoms with Gasteiger partial charge in [0, 0.05) is 23.7 Å². The van der Waals surface area contributed by atoms with E-state index in [0.717, 1.165) is 12.8 Å². The van der Waals surface area contributed by atoms with Crippen LogP contribution in [0, 0.1) is 26.9 Å². The Labute approximate surface area is 130 Å². The minimum Gasteiger partial charge on any atom is -0.349 e. The quantitative estimate of drug-likeness (QED) is 0.685. The van der Waals surface area contributed by atoms with Gasteiger partial charge in [-0.25, -0.2) is 0 Å². The van der Waals surface area contributed by atoms with E-state index in [0.29, 0.717) is 11.5 Å². The summed E-state index contributed by atoms with van der Waals surface area (Å²) >= 11 is 0. The average molecular weight is 302 g/mol. The highest BCUT2D eigenvalue weighted by molar-refractivity contribution is 5.94. The molecule has 2 bridgehead atoms. The van der Waals surface area contributed by atoms with Gasteiger partial charge in [-0.2, -0.15) is 0 Å². The highest BCUT2D eigenvalue weighted by Gasteiger charge is 2.61. The average Bonchev–Trinajstić information content (AvgIpc) is 2.80. The van der Waals surface area contributed by atoms with Crippen molar-refractivity contribution in [3.63, 3.8) is 0 Å². The standard InChI is InChI=1S/C17H22N2O3/c1-16(2)12-8-9-17(16,3)14(10-12)18-15(20)11-4-6-13(7-5-11)19(21)22/h4-7,12,14H,8-10H2,1-3H3,(H,18,20)/t12-,14?,17+/m1/s1. The summed E-state index contributed by atoms with van der Waals surface area (Å²) in [6.45, 7) is 6.90. The van der Waals surface area contributed by atoms with E-state index in [1.54, 1.807) is 0 Å². The topological polar surface area (TPSA) is 72.2 Å². The van der Waals surface area contributed by atoms with Gasteiger partial charge in [-0.1, -0.05) is 20.8 Å². The molecule has 5 heteroatoms. The van der Waals surface area contributed by atoms with Crippen LogP contribution in [-0.2, 0) is 0 Å². The van der Waals surface area contributed by atoms with Gasteiger partial charge in [0.2, 0.25) is 0 Å². The normalized spacial score (nSPS) is 32.0. The molecule has 0 radical (unpaired) electrons. The van der Waals surface area contributed by atoms with E-state index in [4.69, 9.17) is 0 Å². The SMILES string of the molecule is CC1(C)[C@@H]2CC[C@@]1(C)C(NC(=O)c1ccc([N+](=O)[O-])cc1)C2. The molecule has 0 heterocycles. The van der Waals surface area contributed by atoms with Crippen molar-refractivity contribution in [3.8, 4) is 0 Å². The van der Waals surface area contributed by atoms with Crippen molar-refractivity contribution in [3.05, 3.63) is 39.9 Å². The molecular formula is C17H22N2O3. The van der Waals surface area contributed by atoms with E-state index >= 15 is 0 Å². The number of hydrogen-bond acceptors (Lipinski definition) is 3. The third-order valence-electron chi connectivity index (χ3n) is 6.44. The second-order valence-electron chi connectivity index (χ2n) is 7.44. The van der Waals surface area contributed by atoms with E-state index < -0.39 is 4.92 Å². The van der Waals surface area contributed by atoms with Crippen LogP contribution in [0.25, 0.3) is 0 Å². The molecule has 1 aromatic carbocycles. The van der Waals surface area contributed by atoms with Crippen LogP contribution in [0.2, 0.25) is 0 Å². The van der Waals surface area contributed by atoms with Crippen molar-refractivity contribution in [2.45, 2.75) is 46.1 Å². The Morgan fingerprint density at radius 1 is 1.27 bits per heavy atom. The summed E-state index contributed by atoms with van der Waals surface area (Å²) in [7, 11) is 0. The first-order chi connectivity index (χ1) is 10.3. The number of nitro groups is 1. The fourth-order valence-corrected chi connectivity index (χ4v) is 4.40. The summed E-state index contributed by atoms with van der Waals surface area (Å²) in [6, 6.07) is 5.98. The van der Waals surface area contributed by atoms with Crippen molar-refractivity contribution in [2.24, 2.45) is 16.7 Å². The van der Waals surface area contributed by atoms with Gasteiger partial charge in [-0.15, -0.1) is 0 Å². The van der Waals surface area contributed by atoms with Crippen LogP contribution in [0.5, 0.6) is 0 Å². The van der Waals surface area contributed by atoms with Crippen LogP contribution in [0.1, 0.15) is 50.4 Å². The minimum atomic E-state index is -0.457. The first kappa shape index (κ1) is 15.0. The molecule has 118 valence electrons. The molecule has 1 amide bonds. The zero-order valence-corrected chi connectivity index (χ0v) is 13.3. The number of non-ortho nitro benzene ring substituents is 1. The molecule has 0 spiro atoms. The summed E-state index contributed by atoms with van der Waals surface area (Å²) in [4.78, 5) is 22.6. The monoisotopic (exact) mass is 302 g/mol. The fraction of sp³-hybridized carbons (Fsp3) is 0.588.